The summed E-state index contributed by atoms with van der Waals surface area (Å²) in [7, 11) is 3.71. The number of aromatic amines is 1. The van der Waals surface area contributed by atoms with Crippen LogP contribution in [0, 0.1) is 0 Å². The number of nitrogens with zero attached hydrogens (tertiary/aromatic N) is 4. The van der Waals surface area contributed by atoms with Crippen LogP contribution in [-0.2, 0) is 13.0 Å². The minimum atomic E-state index is -0.186. The zero-order valence-corrected chi connectivity index (χ0v) is 13.2. The van der Waals surface area contributed by atoms with Gasteiger partial charge in [-0.1, -0.05) is 0 Å². The molecule has 3 heterocycles. The monoisotopic (exact) mass is 316 g/mol. The van der Waals surface area contributed by atoms with Crippen LogP contribution in [0.1, 0.15) is 29.0 Å². The highest BCUT2D eigenvalue weighted by atomic mass is 16.2. The Morgan fingerprint density at radius 3 is 3.04 bits per heavy atom. The summed E-state index contributed by atoms with van der Waals surface area (Å²) in [5.74, 6) is 1.25. The summed E-state index contributed by atoms with van der Waals surface area (Å²) in [6, 6.07) is 3.53. The highest BCUT2D eigenvalue weighted by molar-refractivity contribution is 5.98. The number of carbonyl (C=O) groups excluding carboxylic acids is 1. The van der Waals surface area contributed by atoms with Crippen LogP contribution in [0.25, 0.3) is 0 Å². The third-order valence-corrected chi connectivity index (χ3v) is 4.05. The summed E-state index contributed by atoms with van der Waals surface area (Å²) in [5.41, 5.74) is 0.367. The van der Waals surface area contributed by atoms with Crippen LogP contribution in [0.15, 0.2) is 23.1 Å². The van der Waals surface area contributed by atoms with Gasteiger partial charge in [-0.2, -0.15) is 5.10 Å². The van der Waals surface area contributed by atoms with Gasteiger partial charge in [-0.25, -0.2) is 14.9 Å². The van der Waals surface area contributed by atoms with Crippen molar-refractivity contribution < 1.29 is 4.79 Å². The SMILES string of the molecule is CN(C)c1ncccc1C(=O)NC1CCc2n[nH]c(=O)n2CC1. The number of pyridine rings is 1. The zero-order valence-electron chi connectivity index (χ0n) is 13.2. The van der Waals surface area contributed by atoms with E-state index < -0.39 is 0 Å². The van der Waals surface area contributed by atoms with E-state index in [4.69, 9.17) is 0 Å². The van der Waals surface area contributed by atoms with E-state index in [2.05, 4.69) is 20.5 Å². The van der Waals surface area contributed by atoms with Crippen molar-refractivity contribution in [3.8, 4) is 0 Å². The van der Waals surface area contributed by atoms with Gasteiger partial charge in [-0.05, 0) is 25.0 Å². The molecule has 8 nitrogen and oxygen atoms in total. The minimum Gasteiger partial charge on any atom is -0.362 e. The van der Waals surface area contributed by atoms with Crippen LogP contribution in [0.3, 0.4) is 0 Å². The first-order valence-corrected chi connectivity index (χ1v) is 7.63. The van der Waals surface area contributed by atoms with Crippen molar-refractivity contribution in [1.82, 2.24) is 25.1 Å². The van der Waals surface area contributed by atoms with Crippen molar-refractivity contribution in [2.45, 2.75) is 31.8 Å². The van der Waals surface area contributed by atoms with E-state index in [1.807, 2.05) is 19.0 Å². The largest absolute Gasteiger partial charge is 0.362 e. The molecule has 0 spiro atoms. The average molecular weight is 316 g/mol. The highest BCUT2D eigenvalue weighted by Crippen LogP contribution is 2.16. The number of aryl methyl sites for hydroxylation is 1. The van der Waals surface area contributed by atoms with Gasteiger partial charge in [0.05, 0.1) is 5.56 Å². The number of nitrogens with one attached hydrogen (secondary N) is 2. The molecule has 1 unspecified atom stereocenters. The number of rotatable bonds is 3. The number of amides is 1. The fraction of sp³-hybridized carbons (Fsp3) is 0.467. The van der Waals surface area contributed by atoms with Gasteiger partial charge in [-0.3, -0.25) is 9.36 Å². The van der Waals surface area contributed by atoms with Crippen molar-refractivity contribution in [2.24, 2.45) is 0 Å². The summed E-state index contributed by atoms with van der Waals surface area (Å²) >= 11 is 0. The molecule has 0 aromatic carbocycles. The second-order valence-corrected chi connectivity index (χ2v) is 5.86. The smallest absolute Gasteiger partial charge is 0.343 e. The average Bonchev–Trinajstić information content (AvgIpc) is 2.77. The maximum Gasteiger partial charge on any atom is 0.343 e. The lowest BCUT2D eigenvalue weighted by atomic mass is 10.1. The number of fused-ring (bicyclic) bond motifs is 1. The van der Waals surface area contributed by atoms with Crippen molar-refractivity contribution >= 4 is 11.7 Å². The molecule has 1 aliphatic rings. The molecule has 0 radical (unpaired) electrons. The molecule has 0 saturated carbocycles. The first-order valence-electron chi connectivity index (χ1n) is 7.63. The van der Waals surface area contributed by atoms with E-state index in [1.165, 1.54) is 0 Å². The maximum atomic E-state index is 12.6. The molecule has 2 aromatic heterocycles. The van der Waals surface area contributed by atoms with Gasteiger partial charge in [0.2, 0.25) is 0 Å². The molecule has 1 amide bonds. The molecule has 0 saturated heterocycles. The van der Waals surface area contributed by atoms with Crippen LogP contribution in [0.5, 0.6) is 0 Å². The number of carbonyl (C=O) groups is 1. The highest BCUT2D eigenvalue weighted by Gasteiger charge is 2.22. The predicted octanol–water partition coefficient (Wildman–Crippen LogP) is 0.167. The van der Waals surface area contributed by atoms with Crippen molar-refractivity contribution in [3.63, 3.8) is 0 Å². The van der Waals surface area contributed by atoms with E-state index >= 15 is 0 Å². The molecule has 0 aliphatic carbocycles. The van der Waals surface area contributed by atoms with Gasteiger partial charge >= 0.3 is 5.69 Å². The molecule has 3 rings (SSSR count). The van der Waals surface area contributed by atoms with E-state index in [0.29, 0.717) is 30.8 Å². The summed E-state index contributed by atoms with van der Waals surface area (Å²) < 4.78 is 1.64. The van der Waals surface area contributed by atoms with Gasteiger partial charge in [-0.15, -0.1) is 0 Å². The number of hydrogen-bond donors (Lipinski definition) is 2. The molecule has 122 valence electrons. The van der Waals surface area contributed by atoms with Gasteiger partial charge in [0, 0.05) is 39.3 Å². The van der Waals surface area contributed by atoms with Crippen LogP contribution in [0.2, 0.25) is 0 Å². The molecular formula is C15H20N6O2. The molecule has 1 aliphatic heterocycles. The van der Waals surface area contributed by atoms with Crippen LogP contribution in [-0.4, -0.2) is 45.8 Å². The van der Waals surface area contributed by atoms with E-state index in [-0.39, 0.29) is 17.6 Å². The van der Waals surface area contributed by atoms with Crippen molar-refractivity contribution in [2.75, 3.05) is 19.0 Å². The number of aromatic nitrogens is 4. The first-order chi connectivity index (χ1) is 11.1. The van der Waals surface area contributed by atoms with Crippen LogP contribution in [0.4, 0.5) is 5.82 Å². The molecule has 2 N–H and O–H groups in total. The first kappa shape index (κ1) is 15.3. The molecule has 0 bridgehead atoms. The molecule has 8 heteroatoms. The number of H-pyrrole nitrogens is 1. The quantitative estimate of drug-likeness (QED) is 0.841. The second-order valence-electron chi connectivity index (χ2n) is 5.86. The fourth-order valence-corrected chi connectivity index (χ4v) is 2.84. The Morgan fingerprint density at radius 1 is 1.43 bits per heavy atom. The normalized spacial score (nSPS) is 17.2. The van der Waals surface area contributed by atoms with E-state index in [1.54, 1.807) is 22.9 Å². The third-order valence-electron chi connectivity index (χ3n) is 4.05. The van der Waals surface area contributed by atoms with Gasteiger partial charge in [0.25, 0.3) is 5.91 Å². The Morgan fingerprint density at radius 2 is 2.26 bits per heavy atom. The van der Waals surface area contributed by atoms with E-state index in [9.17, 15) is 9.59 Å². The Labute approximate surface area is 133 Å². The molecular weight excluding hydrogens is 296 g/mol. The van der Waals surface area contributed by atoms with Crippen molar-refractivity contribution in [3.05, 3.63) is 40.2 Å². The van der Waals surface area contributed by atoms with Gasteiger partial charge < -0.3 is 10.2 Å². The lowest BCUT2D eigenvalue weighted by molar-refractivity contribution is 0.0933. The summed E-state index contributed by atoms with van der Waals surface area (Å²) in [5, 5.41) is 9.54. The van der Waals surface area contributed by atoms with E-state index in [0.717, 1.165) is 12.2 Å². The second kappa shape index (κ2) is 6.23. The van der Waals surface area contributed by atoms with Gasteiger partial charge in [0.1, 0.15) is 11.6 Å². The summed E-state index contributed by atoms with van der Waals surface area (Å²) in [6.45, 7) is 0.559. The van der Waals surface area contributed by atoms with Crippen molar-refractivity contribution in [1.29, 1.82) is 0 Å². The minimum absolute atomic E-state index is 0.0128. The lowest BCUT2D eigenvalue weighted by Gasteiger charge is -2.19. The topological polar surface area (TPSA) is 95.9 Å². The van der Waals surface area contributed by atoms with Crippen LogP contribution < -0.4 is 15.9 Å². The Hall–Kier alpha value is -2.64. The standard InChI is InChI=1S/C15H20N6O2/c1-20(2)13-11(4-3-8-16-13)14(22)17-10-5-6-12-18-19-15(23)21(12)9-7-10/h3-4,8,10H,5-7,9H2,1-2H3,(H,17,22)(H,19,23). The molecule has 23 heavy (non-hydrogen) atoms. The molecule has 1 atom stereocenters. The summed E-state index contributed by atoms with van der Waals surface area (Å²) in [4.78, 5) is 30.3. The lowest BCUT2D eigenvalue weighted by Crippen LogP contribution is -2.36. The van der Waals surface area contributed by atoms with Crippen LogP contribution >= 0.6 is 0 Å². The maximum absolute atomic E-state index is 12.6. The van der Waals surface area contributed by atoms with Gasteiger partial charge in [0.15, 0.2) is 0 Å². The fourth-order valence-electron chi connectivity index (χ4n) is 2.84. The Bertz CT molecular complexity index is 763. The Kier molecular flexibility index (Phi) is 4.14. The Balaban J connectivity index is 1.71. The number of hydrogen-bond acceptors (Lipinski definition) is 5. The number of anilines is 1. The zero-order chi connectivity index (χ0) is 16.4. The third kappa shape index (κ3) is 3.10. The summed E-state index contributed by atoms with van der Waals surface area (Å²) in [6.07, 6.45) is 3.80. The predicted molar refractivity (Wildman–Crippen MR) is 85.6 cm³/mol. The molecule has 0 fully saturated rings. The molecule has 2 aromatic rings.